The minimum absolute atomic E-state index is 0.0933. The smallest absolute Gasteiger partial charge is 0.253 e. The quantitative estimate of drug-likeness (QED) is 0.813. The highest BCUT2D eigenvalue weighted by Gasteiger charge is 2.23. The average Bonchev–Trinajstić information content (AvgIpc) is 2.39. The maximum absolute atomic E-state index is 12.2. The lowest BCUT2D eigenvalue weighted by molar-refractivity contribution is -0.425. The third-order valence-electron chi connectivity index (χ3n) is 3.22. The molecule has 0 bridgehead atoms. The summed E-state index contributed by atoms with van der Waals surface area (Å²) >= 11 is 0. The third kappa shape index (κ3) is 2.77. The Bertz CT molecular complexity index is 398. The van der Waals surface area contributed by atoms with Gasteiger partial charge in [-0.25, -0.2) is 0 Å². The fraction of sp³-hybridized carbons (Fsp3) is 0.462. The summed E-state index contributed by atoms with van der Waals surface area (Å²) in [6.07, 6.45) is 1.99. The highest BCUT2D eigenvalue weighted by Crippen LogP contribution is 2.16. The number of nitrogens with zero attached hydrogens (tertiary/aromatic N) is 1. The van der Waals surface area contributed by atoms with Crippen molar-refractivity contribution in [2.24, 2.45) is 0 Å². The first-order valence-corrected chi connectivity index (χ1v) is 5.97. The molecule has 0 saturated carbocycles. The Kier molecular flexibility index (Phi) is 3.64. The predicted molar refractivity (Wildman–Crippen MR) is 64.8 cm³/mol. The monoisotopic (exact) mass is 235 g/mol. The van der Waals surface area contributed by atoms with Crippen molar-refractivity contribution in [3.63, 3.8) is 0 Å². The van der Waals surface area contributed by atoms with Gasteiger partial charge in [0.25, 0.3) is 5.91 Å². The van der Waals surface area contributed by atoms with Gasteiger partial charge in [-0.05, 0) is 18.2 Å². The van der Waals surface area contributed by atoms with Crippen LogP contribution in [0.25, 0.3) is 0 Å². The minimum atomic E-state index is 0.0933. The number of amides is 1. The molecule has 0 radical (unpaired) electrons. The van der Waals surface area contributed by atoms with Gasteiger partial charge in [0.15, 0.2) is 0 Å². The van der Waals surface area contributed by atoms with Crippen LogP contribution in [0.2, 0.25) is 0 Å². The predicted octanol–water partition coefficient (Wildman–Crippen LogP) is 0.542. The van der Waals surface area contributed by atoms with Gasteiger partial charge in [-0.3, -0.25) is 4.79 Å². The van der Waals surface area contributed by atoms with E-state index in [2.05, 4.69) is 5.73 Å². The lowest BCUT2D eigenvalue weighted by Gasteiger charge is -2.28. The van der Waals surface area contributed by atoms with Crippen LogP contribution in [0.4, 0.5) is 0 Å². The van der Waals surface area contributed by atoms with E-state index in [9.17, 15) is 4.79 Å². The van der Waals surface area contributed by atoms with Crippen LogP contribution in [0.3, 0.4) is 0 Å². The van der Waals surface area contributed by atoms with Crippen LogP contribution in [-0.4, -0.2) is 37.0 Å². The molecule has 2 rings (SSSR count). The molecule has 1 aliphatic heterocycles. The van der Waals surface area contributed by atoms with Gasteiger partial charge < -0.3 is 15.4 Å². The van der Waals surface area contributed by atoms with E-state index in [0.717, 1.165) is 31.7 Å². The Morgan fingerprint density at radius 2 is 2.12 bits per heavy atom. The van der Waals surface area contributed by atoms with Crippen LogP contribution in [0.1, 0.15) is 23.2 Å². The number of methoxy groups -OCH3 is 1. The van der Waals surface area contributed by atoms with E-state index in [1.54, 1.807) is 13.2 Å². The molecule has 92 valence electrons. The minimum Gasteiger partial charge on any atom is -0.497 e. The van der Waals surface area contributed by atoms with E-state index in [4.69, 9.17) is 4.74 Å². The molecule has 1 aromatic rings. The van der Waals surface area contributed by atoms with Crippen LogP contribution < -0.4 is 10.5 Å². The van der Waals surface area contributed by atoms with E-state index in [1.807, 2.05) is 23.1 Å². The Morgan fingerprint density at radius 1 is 1.41 bits per heavy atom. The maximum atomic E-state index is 12.2. The van der Waals surface area contributed by atoms with Crippen molar-refractivity contribution in [1.82, 2.24) is 4.90 Å². The zero-order valence-electron chi connectivity index (χ0n) is 10.2. The molecule has 1 saturated heterocycles. The van der Waals surface area contributed by atoms with E-state index >= 15 is 0 Å². The Balaban J connectivity index is 2.08. The van der Waals surface area contributed by atoms with Gasteiger partial charge in [0.1, 0.15) is 5.75 Å². The highest BCUT2D eigenvalue weighted by molar-refractivity contribution is 5.94. The number of hydrogen-bond acceptors (Lipinski definition) is 2. The molecule has 0 aromatic heterocycles. The first-order chi connectivity index (χ1) is 8.20. The second kappa shape index (κ2) is 5.19. The van der Waals surface area contributed by atoms with Crippen molar-refractivity contribution in [3.8, 4) is 5.75 Å². The highest BCUT2D eigenvalue weighted by atomic mass is 16.5. The zero-order chi connectivity index (χ0) is 12.3. The molecule has 1 aliphatic rings. The Morgan fingerprint density at radius 3 is 2.76 bits per heavy atom. The molecule has 1 amide bonds. The van der Waals surface area contributed by atoms with Crippen LogP contribution in [0, 0.1) is 0 Å². The fourth-order valence-electron chi connectivity index (χ4n) is 2.07. The lowest BCUT2D eigenvalue weighted by atomic mass is 10.0. The van der Waals surface area contributed by atoms with E-state index in [0.29, 0.717) is 11.6 Å². The largest absolute Gasteiger partial charge is 0.497 e. The summed E-state index contributed by atoms with van der Waals surface area (Å²) in [5.74, 6) is 0.818. The van der Waals surface area contributed by atoms with Crippen molar-refractivity contribution in [1.29, 1.82) is 0 Å². The van der Waals surface area contributed by atoms with E-state index in [-0.39, 0.29) is 5.91 Å². The molecule has 0 unspecified atom stereocenters. The van der Waals surface area contributed by atoms with Gasteiger partial charge in [0.05, 0.1) is 13.2 Å². The van der Waals surface area contributed by atoms with Crippen LogP contribution in [0.15, 0.2) is 24.3 Å². The first kappa shape index (κ1) is 11.9. The van der Waals surface area contributed by atoms with Gasteiger partial charge in [-0.15, -0.1) is 0 Å². The van der Waals surface area contributed by atoms with Crippen molar-refractivity contribution in [2.75, 3.05) is 20.2 Å². The van der Waals surface area contributed by atoms with Crippen molar-refractivity contribution >= 4 is 5.91 Å². The van der Waals surface area contributed by atoms with Gasteiger partial charge in [-0.1, -0.05) is 6.07 Å². The summed E-state index contributed by atoms with van der Waals surface area (Å²) in [5, 5.41) is 0. The van der Waals surface area contributed by atoms with Gasteiger partial charge in [0.2, 0.25) is 0 Å². The molecule has 0 spiro atoms. The number of hydrogen-bond donors (Lipinski definition) is 1. The molecule has 0 atom stereocenters. The van der Waals surface area contributed by atoms with Crippen molar-refractivity contribution in [3.05, 3.63) is 29.8 Å². The van der Waals surface area contributed by atoms with Crippen molar-refractivity contribution < 1.29 is 15.3 Å². The molecule has 1 heterocycles. The average molecular weight is 235 g/mol. The number of carbonyl (C=O) groups excluding carboxylic acids is 1. The Hall–Kier alpha value is -1.55. The summed E-state index contributed by atoms with van der Waals surface area (Å²) in [6.45, 7) is 1.62. The van der Waals surface area contributed by atoms with Crippen LogP contribution >= 0.6 is 0 Å². The summed E-state index contributed by atoms with van der Waals surface area (Å²) in [5.41, 5.74) is 4.73. The molecule has 3 N–H and O–H groups in total. The number of piperidine rings is 1. The van der Waals surface area contributed by atoms with E-state index in [1.165, 1.54) is 0 Å². The molecule has 4 nitrogen and oxygen atoms in total. The van der Waals surface area contributed by atoms with Gasteiger partial charge >= 0.3 is 0 Å². The van der Waals surface area contributed by atoms with Crippen LogP contribution in [0.5, 0.6) is 5.75 Å². The molecular formula is C13H19N2O2+. The lowest BCUT2D eigenvalue weighted by Crippen LogP contribution is -2.64. The van der Waals surface area contributed by atoms with E-state index < -0.39 is 0 Å². The maximum Gasteiger partial charge on any atom is 0.253 e. The summed E-state index contributed by atoms with van der Waals surface area (Å²) in [6, 6.07) is 7.81. The third-order valence-corrected chi connectivity index (χ3v) is 3.22. The van der Waals surface area contributed by atoms with Crippen LogP contribution in [-0.2, 0) is 0 Å². The number of carbonyl (C=O) groups is 1. The number of ether oxygens (including phenoxy) is 1. The SMILES string of the molecule is COc1cccc(C(=O)N2CCC([NH3+])CC2)c1. The summed E-state index contributed by atoms with van der Waals surface area (Å²) in [4.78, 5) is 14.1. The number of likely N-dealkylation sites (tertiary alicyclic amines) is 1. The molecular weight excluding hydrogens is 216 g/mol. The Labute approximate surface area is 101 Å². The van der Waals surface area contributed by atoms with Gasteiger partial charge in [-0.2, -0.15) is 0 Å². The molecule has 1 aromatic carbocycles. The number of quaternary nitrogens is 1. The van der Waals surface area contributed by atoms with Crippen molar-refractivity contribution in [2.45, 2.75) is 18.9 Å². The standard InChI is InChI=1S/C13H18N2O2/c1-17-12-4-2-3-10(9-12)13(16)15-7-5-11(14)6-8-15/h2-4,9,11H,5-8,14H2,1H3/p+1. The first-order valence-electron chi connectivity index (χ1n) is 5.97. The molecule has 0 aliphatic carbocycles. The molecule has 17 heavy (non-hydrogen) atoms. The molecule has 4 heteroatoms. The second-order valence-electron chi connectivity index (χ2n) is 4.47. The normalized spacial score (nSPS) is 16.9. The van der Waals surface area contributed by atoms with Gasteiger partial charge in [0, 0.05) is 31.5 Å². The molecule has 1 fully saturated rings. The zero-order valence-corrected chi connectivity index (χ0v) is 10.2. The summed E-state index contributed by atoms with van der Waals surface area (Å²) < 4.78 is 5.13. The number of benzene rings is 1. The topological polar surface area (TPSA) is 57.2 Å². The fourth-order valence-corrected chi connectivity index (χ4v) is 2.07. The summed E-state index contributed by atoms with van der Waals surface area (Å²) in [7, 11) is 1.61. The second-order valence-corrected chi connectivity index (χ2v) is 4.47. The number of rotatable bonds is 2.